The molecule has 0 spiro atoms. The summed E-state index contributed by atoms with van der Waals surface area (Å²) < 4.78 is 0. The van der Waals surface area contributed by atoms with Gasteiger partial charge in [0.25, 0.3) is 5.91 Å². The first-order valence-corrected chi connectivity index (χ1v) is 5.58. The molecule has 1 fully saturated rings. The molecule has 2 heterocycles. The molecule has 0 radical (unpaired) electrons. The van der Waals surface area contributed by atoms with Crippen LogP contribution < -0.4 is 5.32 Å². The standard InChI is InChI=1S/C10H11ClN4O2/c11-8-6-13-7(5-14-8)10(17)15-3-1-9(16)12-2-4-15/h5-6H,1-4H2,(H,12,16). The molecule has 1 aliphatic rings. The Kier molecular flexibility index (Phi) is 3.53. The molecule has 0 atom stereocenters. The number of carbonyl (C=O) groups is 2. The Hall–Kier alpha value is -1.69. The Morgan fingerprint density at radius 3 is 2.88 bits per heavy atom. The van der Waals surface area contributed by atoms with E-state index in [2.05, 4.69) is 15.3 Å². The highest BCUT2D eigenvalue weighted by molar-refractivity contribution is 6.29. The maximum Gasteiger partial charge on any atom is 0.274 e. The van der Waals surface area contributed by atoms with Crippen molar-refractivity contribution in [1.29, 1.82) is 0 Å². The van der Waals surface area contributed by atoms with Gasteiger partial charge in [0.15, 0.2) is 0 Å². The summed E-state index contributed by atoms with van der Waals surface area (Å²) in [5.74, 6) is -0.270. The van der Waals surface area contributed by atoms with Crippen molar-refractivity contribution >= 4 is 23.4 Å². The van der Waals surface area contributed by atoms with Crippen molar-refractivity contribution in [1.82, 2.24) is 20.2 Å². The predicted octanol–water partition coefficient (Wildman–Crippen LogP) is 0.0921. The lowest BCUT2D eigenvalue weighted by molar-refractivity contribution is -0.120. The van der Waals surface area contributed by atoms with Crippen LogP contribution in [0, 0.1) is 0 Å². The van der Waals surface area contributed by atoms with E-state index in [1.807, 2.05) is 0 Å². The van der Waals surface area contributed by atoms with Gasteiger partial charge in [-0.05, 0) is 0 Å². The minimum atomic E-state index is -0.231. The van der Waals surface area contributed by atoms with E-state index in [9.17, 15) is 9.59 Å². The third-order valence-electron chi connectivity index (χ3n) is 2.44. The van der Waals surface area contributed by atoms with Crippen LogP contribution in [-0.4, -0.2) is 46.3 Å². The second kappa shape index (κ2) is 5.09. The fourth-order valence-electron chi connectivity index (χ4n) is 1.55. The Labute approximate surface area is 103 Å². The number of hydrogen-bond acceptors (Lipinski definition) is 4. The van der Waals surface area contributed by atoms with Gasteiger partial charge in [-0.25, -0.2) is 9.97 Å². The van der Waals surface area contributed by atoms with Crippen molar-refractivity contribution in [3.05, 3.63) is 23.2 Å². The minimum Gasteiger partial charge on any atom is -0.354 e. The average Bonchev–Trinajstić information content (AvgIpc) is 2.54. The summed E-state index contributed by atoms with van der Waals surface area (Å²) in [7, 11) is 0. The highest BCUT2D eigenvalue weighted by Crippen LogP contribution is 2.06. The van der Waals surface area contributed by atoms with Gasteiger partial charge in [-0.15, -0.1) is 0 Å². The first-order valence-electron chi connectivity index (χ1n) is 5.20. The van der Waals surface area contributed by atoms with Crippen LogP contribution in [0.15, 0.2) is 12.4 Å². The number of nitrogens with zero attached hydrogens (tertiary/aromatic N) is 3. The van der Waals surface area contributed by atoms with E-state index in [0.29, 0.717) is 26.1 Å². The molecule has 0 aromatic carbocycles. The van der Waals surface area contributed by atoms with Crippen molar-refractivity contribution in [2.45, 2.75) is 6.42 Å². The number of amides is 2. The molecule has 1 aliphatic heterocycles. The van der Waals surface area contributed by atoms with Gasteiger partial charge in [-0.2, -0.15) is 0 Å². The first kappa shape index (κ1) is 11.8. The number of aromatic nitrogens is 2. The van der Waals surface area contributed by atoms with Crippen LogP contribution in [0.3, 0.4) is 0 Å². The van der Waals surface area contributed by atoms with Gasteiger partial charge < -0.3 is 10.2 Å². The van der Waals surface area contributed by atoms with Crippen molar-refractivity contribution in [2.75, 3.05) is 19.6 Å². The molecule has 17 heavy (non-hydrogen) atoms. The largest absolute Gasteiger partial charge is 0.354 e. The molecule has 90 valence electrons. The quantitative estimate of drug-likeness (QED) is 0.771. The van der Waals surface area contributed by atoms with Crippen LogP contribution in [0.4, 0.5) is 0 Å². The van der Waals surface area contributed by atoms with Crippen LogP contribution >= 0.6 is 11.6 Å². The Morgan fingerprint density at radius 1 is 1.35 bits per heavy atom. The van der Waals surface area contributed by atoms with E-state index in [1.165, 1.54) is 12.4 Å². The summed E-state index contributed by atoms with van der Waals surface area (Å²) in [6.45, 7) is 1.34. The molecular formula is C10H11ClN4O2. The van der Waals surface area contributed by atoms with Crippen LogP contribution in [0.1, 0.15) is 16.9 Å². The normalized spacial score (nSPS) is 16.3. The molecule has 0 unspecified atom stereocenters. The molecular weight excluding hydrogens is 244 g/mol. The molecule has 2 amide bonds. The van der Waals surface area contributed by atoms with Gasteiger partial charge in [0.2, 0.25) is 5.91 Å². The van der Waals surface area contributed by atoms with Gasteiger partial charge in [0.05, 0.1) is 12.4 Å². The maximum atomic E-state index is 12.0. The van der Waals surface area contributed by atoms with Gasteiger partial charge in [-0.3, -0.25) is 9.59 Å². The van der Waals surface area contributed by atoms with E-state index in [4.69, 9.17) is 11.6 Å². The third-order valence-corrected chi connectivity index (χ3v) is 2.63. The number of rotatable bonds is 1. The summed E-state index contributed by atoms with van der Waals surface area (Å²) in [5, 5.41) is 2.94. The molecule has 6 nitrogen and oxygen atoms in total. The zero-order valence-electron chi connectivity index (χ0n) is 9.02. The summed E-state index contributed by atoms with van der Waals surface area (Å²) >= 11 is 5.59. The molecule has 1 aromatic heterocycles. The second-order valence-corrected chi connectivity index (χ2v) is 4.00. The number of nitrogens with one attached hydrogen (secondary N) is 1. The monoisotopic (exact) mass is 254 g/mol. The maximum absolute atomic E-state index is 12.0. The molecule has 7 heteroatoms. The molecule has 1 aromatic rings. The second-order valence-electron chi connectivity index (χ2n) is 3.62. The van der Waals surface area contributed by atoms with Gasteiger partial charge in [0.1, 0.15) is 10.8 Å². The zero-order chi connectivity index (χ0) is 12.3. The van der Waals surface area contributed by atoms with Crippen LogP contribution in [0.2, 0.25) is 5.15 Å². The van der Waals surface area contributed by atoms with Crippen molar-refractivity contribution < 1.29 is 9.59 Å². The van der Waals surface area contributed by atoms with E-state index < -0.39 is 0 Å². The summed E-state index contributed by atoms with van der Waals surface area (Å²) in [6.07, 6.45) is 2.98. The zero-order valence-corrected chi connectivity index (χ0v) is 9.78. The number of halogens is 1. The molecule has 1 saturated heterocycles. The van der Waals surface area contributed by atoms with Gasteiger partial charge in [-0.1, -0.05) is 11.6 Å². The molecule has 0 saturated carbocycles. The Morgan fingerprint density at radius 2 is 2.18 bits per heavy atom. The minimum absolute atomic E-state index is 0.0394. The highest BCUT2D eigenvalue weighted by Gasteiger charge is 2.20. The summed E-state index contributed by atoms with van der Waals surface area (Å²) in [4.78, 5) is 32.4. The summed E-state index contributed by atoms with van der Waals surface area (Å²) in [5.41, 5.74) is 0.240. The lowest BCUT2D eigenvalue weighted by atomic mass is 10.3. The lowest BCUT2D eigenvalue weighted by Gasteiger charge is -2.18. The molecule has 0 bridgehead atoms. The first-order chi connectivity index (χ1) is 8.16. The van der Waals surface area contributed by atoms with Gasteiger partial charge >= 0.3 is 0 Å². The van der Waals surface area contributed by atoms with E-state index in [1.54, 1.807) is 4.90 Å². The van der Waals surface area contributed by atoms with Crippen LogP contribution in [0.25, 0.3) is 0 Å². The van der Waals surface area contributed by atoms with Gasteiger partial charge in [0, 0.05) is 26.1 Å². The molecule has 1 N–H and O–H groups in total. The smallest absolute Gasteiger partial charge is 0.274 e. The topological polar surface area (TPSA) is 75.2 Å². The van der Waals surface area contributed by atoms with E-state index in [-0.39, 0.29) is 22.7 Å². The fourth-order valence-corrected chi connectivity index (χ4v) is 1.65. The highest BCUT2D eigenvalue weighted by atomic mass is 35.5. The third kappa shape index (κ3) is 2.91. The predicted molar refractivity (Wildman–Crippen MR) is 60.6 cm³/mol. The van der Waals surface area contributed by atoms with Crippen molar-refractivity contribution in [3.63, 3.8) is 0 Å². The lowest BCUT2D eigenvalue weighted by Crippen LogP contribution is -2.34. The number of carbonyl (C=O) groups excluding carboxylic acids is 2. The number of hydrogen-bond donors (Lipinski definition) is 1. The molecule has 2 rings (SSSR count). The van der Waals surface area contributed by atoms with Crippen LogP contribution in [-0.2, 0) is 4.79 Å². The van der Waals surface area contributed by atoms with Crippen molar-refractivity contribution in [2.24, 2.45) is 0 Å². The van der Waals surface area contributed by atoms with Crippen molar-refractivity contribution in [3.8, 4) is 0 Å². The van der Waals surface area contributed by atoms with E-state index in [0.717, 1.165) is 0 Å². The van der Waals surface area contributed by atoms with E-state index >= 15 is 0 Å². The van der Waals surface area contributed by atoms with Crippen LogP contribution in [0.5, 0.6) is 0 Å². The molecule has 0 aliphatic carbocycles. The SMILES string of the molecule is O=C1CCN(C(=O)c2cnc(Cl)cn2)CCN1. The Bertz CT molecular complexity index is 434. The Balaban J connectivity index is 2.08. The fraction of sp³-hybridized carbons (Fsp3) is 0.400. The average molecular weight is 255 g/mol. The summed E-state index contributed by atoms with van der Waals surface area (Å²) in [6, 6.07) is 0.